The number of thiazole rings is 1. The summed E-state index contributed by atoms with van der Waals surface area (Å²) in [5, 5.41) is 7.83. The SMILES string of the molecule is Cc1cc(C2C(c3ccccn3)NC(=S)N2c2ccc(Cl)cc2)c(C)n1-c1nccs1. The van der Waals surface area contributed by atoms with Gasteiger partial charge in [0, 0.05) is 39.9 Å². The largest absolute Gasteiger partial charge is 0.351 e. The second-order valence-corrected chi connectivity index (χ2v) is 9.15. The molecule has 2 atom stereocenters. The van der Waals surface area contributed by atoms with Crippen LogP contribution in [0.3, 0.4) is 0 Å². The van der Waals surface area contributed by atoms with E-state index in [0.717, 1.165) is 27.9 Å². The molecule has 8 heteroatoms. The number of hydrogen-bond acceptors (Lipinski definition) is 4. The van der Waals surface area contributed by atoms with E-state index in [0.29, 0.717) is 10.1 Å². The molecule has 4 aromatic rings. The van der Waals surface area contributed by atoms with Crippen molar-refractivity contribution in [1.82, 2.24) is 19.9 Å². The Morgan fingerprint density at radius 3 is 2.55 bits per heavy atom. The van der Waals surface area contributed by atoms with Gasteiger partial charge < -0.3 is 10.2 Å². The fourth-order valence-electron chi connectivity index (χ4n) is 4.26. The predicted molar refractivity (Wildman–Crippen MR) is 130 cm³/mol. The Morgan fingerprint density at radius 2 is 1.87 bits per heavy atom. The topological polar surface area (TPSA) is 46.0 Å². The Balaban J connectivity index is 1.68. The summed E-state index contributed by atoms with van der Waals surface area (Å²) in [5.74, 6) is 0. The quantitative estimate of drug-likeness (QED) is 0.387. The number of halogens is 1. The van der Waals surface area contributed by atoms with Gasteiger partial charge in [0.2, 0.25) is 0 Å². The van der Waals surface area contributed by atoms with Crippen molar-refractivity contribution in [2.75, 3.05) is 4.90 Å². The molecular formula is C23H20ClN5S2. The first-order chi connectivity index (χ1) is 15.0. The Hall–Kier alpha value is -2.74. The van der Waals surface area contributed by atoms with Crippen LogP contribution in [0, 0.1) is 13.8 Å². The molecule has 5 rings (SSSR count). The molecule has 4 heterocycles. The summed E-state index contributed by atoms with van der Waals surface area (Å²) in [4.78, 5) is 11.3. The zero-order valence-corrected chi connectivity index (χ0v) is 19.4. The molecule has 0 bridgehead atoms. The van der Waals surface area contributed by atoms with Crippen molar-refractivity contribution in [2.24, 2.45) is 0 Å². The van der Waals surface area contributed by atoms with Gasteiger partial charge in [-0.1, -0.05) is 17.7 Å². The van der Waals surface area contributed by atoms with E-state index in [-0.39, 0.29) is 12.1 Å². The molecule has 0 saturated carbocycles. The molecule has 0 radical (unpaired) electrons. The van der Waals surface area contributed by atoms with Gasteiger partial charge in [-0.15, -0.1) is 11.3 Å². The van der Waals surface area contributed by atoms with Crippen LogP contribution in [0.4, 0.5) is 5.69 Å². The third-order valence-electron chi connectivity index (χ3n) is 5.60. The summed E-state index contributed by atoms with van der Waals surface area (Å²) in [7, 11) is 0. The Kier molecular flexibility index (Phi) is 5.25. The number of anilines is 1. The van der Waals surface area contributed by atoms with Gasteiger partial charge in [-0.2, -0.15) is 0 Å². The van der Waals surface area contributed by atoms with E-state index in [9.17, 15) is 0 Å². The number of thiocarbonyl (C=S) groups is 1. The third-order valence-corrected chi connectivity index (χ3v) is 6.93. The van der Waals surface area contributed by atoms with Crippen molar-refractivity contribution in [3.63, 3.8) is 0 Å². The molecule has 1 fully saturated rings. The lowest BCUT2D eigenvalue weighted by atomic mass is 9.96. The average molecular weight is 466 g/mol. The summed E-state index contributed by atoms with van der Waals surface area (Å²) in [6, 6.07) is 15.8. The first kappa shape index (κ1) is 20.2. The normalized spacial score (nSPS) is 18.4. The second-order valence-electron chi connectivity index (χ2n) is 7.45. The van der Waals surface area contributed by atoms with Crippen LogP contribution >= 0.6 is 35.2 Å². The first-order valence-electron chi connectivity index (χ1n) is 9.89. The van der Waals surface area contributed by atoms with E-state index in [1.165, 1.54) is 5.56 Å². The maximum atomic E-state index is 6.15. The molecule has 0 aliphatic carbocycles. The van der Waals surface area contributed by atoms with Crippen LogP contribution in [0.1, 0.15) is 34.7 Å². The van der Waals surface area contributed by atoms with Gasteiger partial charge >= 0.3 is 0 Å². The van der Waals surface area contributed by atoms with E-state index in [1.807, 2.05) is 60.2 Å². The molecule has 3 aromatic heterocycles. The lowest BCUT2D eigenvalue weighted by molar-refractivity contribution is 0.565. The molecule has 1 aliphatic heterocycles. The molecule has 0 amide bonds. The maximum absolute atomic E-state index is 6.15. The maximum Gasteiger partial charge on any atom is 0.193 e. The van der Waals surface area contributed by atoms with Crippen LogP contribution in [0.5, 0.6) is 0 Å². The molecule has 31 heavy (non-hydrogen) atoms. The van der Waals surface area contributed by atoms with Crippen LogP contribution in [0.15, 0.2) is 66.3 Å². The number of aryl methyl sites for hydroxylation is 1. The van der Waals surface area contributed by atoms with Gasteiger partial charge in [-0.05, 0) is 74.1 Å². The number of nitrogens with zero attached hydrogens (tertiary/aromatic N) is 4. The van der Waals surface area contributed by atoms with Crippen LogP contribution < -0.4 is 10.2 Å². The number of benzene rings is 1. The highest BCUT2D eigenvalue weighted by Crippen LogP contribution is 2.43. The molecule has 1 aromatic carbocycles. The van der Waals surface area contributed by atoms with Gasteiger partial charge in [0.25, 0.3) is 0 Å². The van der Waals surface area contributed by atoms with E-state index in [2.05, 4.69) is 44.7 Å². The van der Waals surface area contributed by atoms with Crippen molar-refractivity contribution in [3.8, 4) is 5.13 Å². The lowest BCUT2D eigenvalue weighted by Crippen LogP contribution is -2.29. The summed E-state index contributed by atoms with van der Waals surface area (Å²) in [6.07, 6.45) is 3.66. The van der Waals surface area contributed by atoms with E-state index >= 15 is 0 Å². The summed E-state index contributed by atoms with van der Waals surface area (Å²) in [5.41, 5.74) is 5.40. The third kappa shape index (κ3) is 3.52. The highest BCUT2D eigenvalue weighted by atomic mass is 35.5. The van der Waals surface area contributed by atoms with E-state index < -0.39 is 0 Å². The molecule has 156 valence electrons. The van der Waals surface area contributed by atoms with Gasteiger partial charge in [0.15, 0.2) is 10.2 Å². The zero-order valence-electron chi connectivity index (χ0n) is 17.0. The lowest BCUT2D eigenvalue weighted by Gasteiger charge is -2.28. The van der Waals surface area contributed by atoms with Crippen LogP contribution in [-0.4, -0.2) is 19.6 Å². The van der Waals surface area contributed by atoms with Crippen molar-refractivity contribution >= 4 is 46.0 Å². The standard InChI is InChI=1S/C23H20ClN5S2/c1-14-13-18(15(2)28(14)23-26-11-12-31-23)21-20(19-5-3-4-10-25-19)27-22(30)29(21)17-8-6-16(24)7-9-17/h3-13,20-21H,1-2H3,(H,27,30). The monoisotopic (exact) mass is 465 g/mol. The molecule has 1 N–H and O–H groups in total. The van der Waals surface area contributed by atoms with Crippen molar-refractivity contribution < 1.29 is 0 Å². The van der Waals surface area contributed by atoms with Crippen LogP contribution in [-0.2, 0) is 0 Å². The fourth-order valence-corrected chi connectivity index (χ4v) is 5.48. The van der Waals surface area contributed by atoms with Gasteiger partial charge in [-0.3, -0.25) is 9.55 Å². The zero-order chi connectivity index (χ0) is 21.5. The van der Waals surface area contributed by atoms with Gasteiger partial charge in [-0.25, -0.2) is 4.98 Å². The molecule has 2 unspecified atom stereocenters. The van der Waals surface area contributed by atoms with Crippen molar-refractivity contribution in [1.29, 1.82) is 0 Å². The summed E-state index contributed by atoms with van der Waals surface area (Å²) in [6.45, 7) is 4.25. The van der Waals surface area contributed by atoms with Crippen molar-refractivity contribution in [2.45, 2.75) is 25.9 Å². The van der Waals surface area contributed by atoms with E-state index in [1.54, 1.807) is 11.3 Å². The number of rotatable bonds is 4. The smallest absolute Gasteiger partial charge is 0.193 e. The molecule has 1 saturated heterocycles. The summed E-state index contributed by atoms with van der Waals surface area (Å²) < 4.78 is 2.21. The predicted octanol–water partition coefficient (Wildman–Crippen LogP) is 5.78. The van der Waals surface area contributed by atoms with Gasteiger partial charge in [0.1, 0.15) is 0 Å². The Morgan fingerprint density at radius 1 is 1.06 bits per heavy atom. The highest BCUT2D eigenvalue weighted by Gasteiger charge is 2.42. The molecule has 0 spiro atoms. The minimum atomic E-state index is -0.0883. The Labute approximate surface area is 195 Å². The van der Waals surface area contributed by atoms with Crippen LogP contribution in [0.25, 0.3) is 5.13 Å². The number of hydrogen-bond donors (Lipinski definition) is 1. The van der Waals surface area contributed by atoms with Gasteiger partial charge in [0.05, 0.1) is 17.8 Å². The minimum Gasteiger partial charge on any atom is -0.351 e. The van der Waals surface area contributed by atoms with Crippen molar-refractivity contribution in [3.05, 3.63) is 94.0 Å². The number of aromatic nitrogens is 3. The minimum absolute atomic E-state index is 0.0662. The fraction of sp³-hybridized carbons (Fsp3) is 0.174. The first-order valence-corrected chi connectivity index (χ1v) is 11.6. The second kappa shape index (κ2) is 8.07. The highest BCUT2D eigenvalue weighted by molar-refractivity contribution is 7.80. The van der Waals surface area contributed by atoms with E-state index in [4.69, 9.17) is 23.8 Å². The summed E-state index contributed by atoms with van der Waals surface area (Å²) >= 11 is 13.6. The number of pyridine rings is 1. The average Bonchev–Trinajstić information content (AvgIpc) is 3.47. The molecule has 5 nitrogen and oxygen atoms in total. The molecular weight excluding hydrogens is 446 g/mol. The Bertz CT molecular complexity index is 1220. The number of nitrogens with one attached hydrogen (secondary N) is 1. The molecule has 1 aliphatic rings. The van der Waals surface area contributed by atoms with Crippen LogP contribution in [0.2, 0.25) is 5.02 Å².